The number of hydrogen-bond acceptors (Lipinski definition) is 3. The van der Waals surface area contributed by atoms with Gasteiger partial charge < -0.3 is 14.5 Å². The van der Waals surface area contributed by atoms with E-state index >= 15 is 0 Å². The summed E-state index contributed by atoms with van der Waals surface area (Å²) >= 11 is 0. The minimum absolute atomic E-state index is 0.161. The molecule has 0 radical (unpaired) electrons. The third-order valence-corrected chi connectivity index (χ3v) is 5.22. The maximum atomic E-state index is 12.8. The van der Waals surface area contributed by atoms with Gasteiger partial charge in [-0.3, -0.25) is 4.79 Å². The van der Waals surface area contributed by atoms with Crippen LogP contribution < -0.4 is 0 Å². The number of amides is 1. The molecular formula is C18H24N2O2. The Bertz CT molecular complexity index is 570. The van der Waals surface area contributed by atoms with Crippen LogP contribution in [0, 0.1) is 0 Å². The zero-order valence-electron chi connectivity index (χ0n) is 13.3. The lowest BCUT2D eigenvalue weighted by Crippen LogP contribution is -2.64. The smallest absolute Gasteiger partial charge is 0.255 e. The molecule has 1 aliphatic carbocycles. The Labute approximate surface area is 132 Å². The fourth-order valence-electron chi connectivity index (χ4n) is 4.09. The molecule has 2 saturated heterocycles. The number of carbonyl (C=O) groups excluding carboxylic acids is 1. The molecule has 1 atom stereocenters. The quantitative estimate of drug-likeness (QED) is 0.838. The van der Waals surface area contributed by atoms with E-state index in [1.54, 1.807) is 0 Å². The first-order valence-electron chi connectivity index (χ1n) is 8.33. The van der Waals surface area contributed by atoms with Gasteiger partial charge in [0.05, 0.1) is 12.1 Å². The first-order chi connectivity index (χ1) is 10.6. The maximum absolute atomic E-state index is 12.8. The number of benzene rings is 1. The van der Waals surface area contributed by atoms with Crippen molar-refractivity contribution in [2.24, 2.45) is 0 Å². The van der Waals surface area contributed by atoms with Crippen molar-refractivity contribution in [1.82, 2.24) is 9.80 Å². The van der Waals surface area contributed by atoms with Gasteiger partial charge in [-0.2, -0.15) is 0 Å². The van der Waals surface area contributed by atoms with Gasteiger partial charge in [0.15, 0.2) is 0 Å². The third-order valence-electron chi connectivity index (χ3n) is 5.22. The Balaban J connectivity index is 1.59. The predicted molar refractivity (Wildman–Crippen MR) is 84.4 cm³/mol. The molecule has 22 heavy (non-hydrogen) atoms. The molecule has 1 unspecified atom stereocenters. The van der Waals surface area contributed by atoms with E-state index in [1.165, 1.54) is 5.56 Å². The van der Waals surface area contributed by atoms with E-state index in [0.29, 0.717) is 6.54 Å². The van der Waals surface area contributed by atoms with Gasteiger partial charge in [-0.15, -0.1) is 0 Å². The lowest BCUT2D eigenvalue weighted by molar-refractivity contribution is -0.202. The fourth-order valence-corrected chi connectivity index (χ4v) is 4.09. The lowest BCUT2D eigenvalue weighted by atomic mass is 9.89. The van der Waals surface area contributed by atoms with Crippen LogP contribution in [0.4, 0.5) is 0 Å². The minimum atomic E-state index is -0.495. The van der Waals surface area contributed by atoms with Gasteiger partial charge in [0.2, 0.25) is 0 Å². The van der Waals surface area contributed by atoms with E-state index in [1.807, 2.05) is 23.1 Å². The molecule has 4 heteroatoms. The summed E-state index contributed by atoms with van der Waals surface area (Å²) in [4.78, 5) is 17.2. The Kier molecular flexibility index (Phi) is 3.27. The van der Waals surface area contributed by atoms with Crippen LogP contribution >= 0.6 is 0 Å². The summed E-state index contributed by atoms with van der Waals surface area (Å²) in [5.41, 5.74) is 0.546. The third kappa shape index (κ3) is 2.44. The molecule has 2 aliphatic heterocycles. The van der Waals surface area contributed by atoms with E-state index in [2.05, 4.69) is 24.1 Å². The number of likely N-dealkylation sites (N-methyl/N-ethyl adjacent to an activating group) is 1. The van der Waals surface area contributed by atoms with E-state index in [0.717, 1.165) is 45.3 Å². The van der Waals surface area contributed by atoms with Gasteiger partial charge >= 0.3 is 0 Å². The number of morpholine rings is 1. The Morgan fingerprint density at radius 1 is 1.14 bits per heavy atom. The number of likely N-dealkylation sites (tertiary alicyclic amines) is 1. The van der Waals surface area contributed by atoms with Crippen molar-refractivity contribution >= 4 is 5.91 Å². The number of nitrogens with zero attached hydrogens (tertiary/aromatic N) is 2. The highest BCUT2D eigenvalue weighted by atomic mass is 16.5. The van der Waals surface area contributed by atoms with Crippen molar-refractivity contribution in [1.29, 1.82) is 0 Å². The second kappa shape index (κ2) is 5.07. The van der Waals surface area contributed by atoms with Gasteiger partial charge in [0.25, 0.3) is 5.91 Å². The highest BCUT2D eigenvalue weighted by Gasteiger charge is 2.61. The molecule has 4 rings (SSSR count). The molecule has 1 aromatic rings. The fraction of sp³-hybridized carbons (Fsp3) is 0.611. The molecule has 3 fully saturated rings. The van der Waals surface area contributed by atoms with Crippen molar-refractivity contribution in [2.75, 3.05) is 26.7 Å². The predicted octanol–water partition coefficient (Wildman–Crippen LogP) is 2.04. The van der Waals surface area contributed by atoms with Crippen LogP contribution in [0.1, 0.15) is 31.2 Å². The number of piperidine rings is 1. The van der Waals surface area contributed by atoms with Crippen LogP contribution in [0.15, 0.2) is 30.3 Å². The SMILES string of the molecule is CN1CCCC2(C1)CN(Cc1ccccc1)C(=O)C1(CC1)O2. The van der Waals surface area contributed by atoms with Crippen LogP contribution in [0.25, 0.3) is 0 Å². The summed E-state index contributed by atoms with van der Waals surface area (Å²) in [6.45, 7) is 3.50. The molecule has 0 aromatic heterocycles. The van der Waals surface area contributed by atoms with Crippen LogP contribution in [0.3, 0.4) is 0 Å². The number of rotatable bonds is 2. The minimum Gasteiger partial charge on any atom is -0.356 e. The first-order valence-corrected chi connectivity index (χ1v) is 8.33. The molecule has 2 heterocycles. The van der Waals surface area contributed by atoms with Gasteiger partial charge in [-0.1, -0.05) is 30.3 Å². The van der Waals surface area contributed by atoms with E-state index < -0.39 is 5.60 Å². The van der Waals surface area contributed by atoms with Crippen LogP contribution in [-0.4, -0.2) is 53.6 Å². The van der Waals surface area contributed by atoms with Crippen molar-refractivity contribution in [3.63, 3.8) is 0 Å². The van der Waals surface area contributed by atoms with Crippen LogP contribution in [0.5, 0.6) is 0 Å². The molecule has 0 bridgehead atoms. The van der Waals surface area contributed by atoms with Gasteiger partial charge in [0.1, 0.15) is 5.60 Å². The molecule has 2 spiro atoms. The number of hydrogen-bond donors (Lipinski definition) is 0. The lowest BCUT2D eigenvalue weighted by Gasteiger charge is -2.50. The standard InChI is InChI=1S/C18H24N2O2/c1-19-11-5-8-17(13-19)14-20(12-15-6-3-2-4-7-15)16(21)18(22-17)9-10-18/h2-4,6-7H,5,8-14H2,1H3. The first kappa shape index (κ1) is 14.2. The Morgan fingerprint density at radius 3 is 2.59 bits per heavy atom. The zero-order valence-corrected chi connectivity index (χ0v) is 13.3. The highest BCUT2D eigenvalue weighted by molar-refractivity contribution is 5.89. The molecule has 3 aliphatic rings. The Morgan fingerprint density at radius 2 is 1.91 bits per heavy atom. The molecular weight excluding hydrogens is 276 g/mol. The van der Waals surface area contributed by atoms with Gasteiger partial charge in [-0.25, -0.2) is 0 Å². The van der Waals surface area contributed by atoms with E-state index in [-0.39, 0.29) is 11.5 Å². The maximum Gasteiger partial charge on any atom is 0.255 e. The summed E-state index contributed by atoms with van der Waals surface area (Å²) in [6, 6.07) is 10.3. The monoisotopic (exact) mass is 300 g/mol. The normalized spacial score (nSPS) is 31.0. The summed E-state index contributed by atoms with van der Waals surface area (Å²) in [5, 5.41) is 0. The summed E-state index contributed by atoms with van der Waals surface area (Å²) in [5.74, 6) is 0.204. The van der Waals surface area contributed by atoms with Crippen LogP contribution in [0.2, 0.25) is 0 Å². The molecule has 4 nitrogen and oxygen atoms in total. The van der Waals surface area contributed by atoms with Crippen molar-refractivity contribution < 1.29 is 9.53 Å². The van der Waals surface area contributed by atoms with Gasteiger partial charge in [0, 0.05) is 13.1 Å². The van der Waals surface area contributed by atoms with Crippen molar-refractivity contribution in [3.8, 4) is 0 Å². The largest absolute Gasteiger partial charge is 0.356 e. The van der Waals surface area contributed by atoms with Gasteiger partial charge in [-0.05, 0) is 44.8 Å². The van der Waals surface area contributed by atoms with Crippen molar-refractivity contribution in [3.05, 3.63) is 35.9 Å². The number of carbonyl (C=O) groups is 1. The summed E-state index contributed by atoms with van der Waals surface area (Å²) < 4.78 is 6.43. The highest BCUT2D eigenvalue weighted by Crippen LogP contribution is 2.49. The Hall–Kier alpha value is -1.39. The zero-order chi connectivity index (χ0) is 15.2. The topological polar surface area (TPSA) is 32.8 Å². The van der Waals surface area contributed by atoms with Crippen LogP contribution in [-0.2, 0) is 16.1 Å². The molecule has 0 N–H and O–H groups in total. The molecule has 1 aromatic carbocycles. The molecule has 1 amide bonds. The second-order valence-electron chi connectivity index (χ2n) is 7.27. The summed E-state index contributed by atoms with van der Waals surface area (Å²) in [7, 11) is 2.15. The molecule has 1 saturated carbocycles. The second-order valence-corrected chi connectivity index (χ2v) is 7.27. The molecule has 118 valence electrons. The number of ether oxygens (including phenoxy) is 1. The average molecular weight is 300 g/mol. The summed E-state index contributed by atoms with van der Waals surface area (Å²) in [6.07, 6.45) is 4.00. The van der Waals surface area contributed by atoms with Crippen molar-refractivity contribution in [2.45, 2.75) is 43.4 Å². The average Bonchev–Trinajstić information content (AvgIpc) is 3.26. The van der Waals surface area contributed by atoms with E-state index in [9.17, 15) is 4.79 Å². The van der Waals surface area contributed by atoms with E-state index in [4.69, 9.17) is 4.74 Å².